The molecule has 4 nitrogen and oxygen atoms in total. The summed E-state index contributed by atoms with van der Waals surface area (Å²) < 4.78 is 0. The van der Waals surface area contributed by atoms with Crippen LogP contribution >= 0.6 is 0 Å². The molecule has 0 radical (unpaired) electrons. The summed E-state index contributed by atoms with van der Waals surface area (Å²) in [5.74, 6) is 0.636. The Labute approximate surface area is 90.7 Å². The molecule has 15 heavy (non-hydrogen) atoms. The predicted octanol–water partition coefficient (Wildman–Crippen LogP) is 0.804. The van der Waals surface area contributed by atoms with Crippen molar-refractivity contribution in [3.05, 3.63) is 18.3 Å². The fourth-order valence-corrected chi connectivity index (χ4v) is 2.06. The Kier molecular flexibility index (Phi) is 2.77. The number of nitrogens with two attached hydrogens (primary N) is 1. The molecule has 1 aromatic rings. The van der Waals surface area contributed by atoms with E-state index in [0.29, 0.717) is 11.9 Å². The van der Waals surface area contributed by atoms with Gasteiger partial charge >= 0.3 is 0 Å². The third-order valence-corrected chi connectivity index (χ3v) is 3.05. The van der Waals surface area contributed by atoms with Gasteiger partial charge in [-0.2, -0.15) is 0 Å². The lowest BCUT2D eigenvalue weighted by molar-refractivity contribution is 0.315. The standard InChI is InChI=1S/C11H18N4/c1-14(2)9-5-7-15(8-9)10-4-3-6-13-11(10)12/h3-4,6,9H,5,7-8H2,1-2H3,(H2,12,13). The van der Waals surface area contributed by atoms with Gasteiger partial charge in [-0.1, -0.05) is 0 Å². The minimum absolute atomic E-state index is 0.629. The van der Waals surface area contributed by atoms with Crippen molar-refractivity contribution in [1.82, 2.24) is 9.88 Å². The highest BCUT2D eigenvalue weighted by molar-refractivity contribution is 5.63. The number of hydrogen-bond donors (Lipinski definition) is 1. The van der Waals surface area contributed by atoms with Gasteiger partial charge in [-0.3, -0.25) is 0 Å². The van der Waals surface area contributed by atoms with E-state index in [1.54, 1.807) is 6.20 Å². The van der Waals surface area contributed by atoms with E-state index in [2.05, 4.69) is 28.9 Å². The van der Waals surface area contributed by atoms with Crippen LogP contribution in [0.2, 0.25) is 0 Å². The van der Waals surface area contributed by atoms with E-state index >= 15 is 0 Å². The average Bonchev–Trinajstić information content (AvgIpc) is 2.67. The fraction of sp³-hybridized carbons (Fsp3) is 0.545. The second-order valence-corrected chi connectivity index (χ2v) is 4.26. The number of pyridine rings is 1. The molecule has 82 valence electrons. The Morgan fingerprint density at radius 2 is 2.33 bits per heavy atom. The molecule has 1 atom stereocenters. The molecule has 2 heterocycles. The molecular formula is C11H18N4. The van der Waals surface area contributed by atoms with Crippen molar-refractivity contribution in [2.75, 3.05) is 37.8 Å². The van der Waals surface area contributed by atoms with Crippen LogP contribution in [0, 0.1) is 0 Å². The quantitative estimate of drug-likeness (QED) is 0.777. The normalized spacial score (nSPS) is 21.3. The van der Waals surface area contributed by atoms with E-state index < -0.39 is 0 Å². The van der Waals surface area contributed by atoms with Gasteiger partial charge in [0.1, 0.15) is 5.82 Å². The Hall–Kier alpha value is -1.29. The molecule has 4 heteroatoms. The van der Waals surface area contributed by atoms with E-state index in [1.807, 2.05) is 12.1 Å². The minimum Gasteiger partial charge on any atom is -0.382 e. The van der Waals surface area contributed by atoms with Gasteiger partial charge in [0.05, 0.1) is 5.69 Å². The number of rotatable bonds is 2. The molecule has 0 amide bonds. The maximum atomic E-state index is 5.86. The van der Waals surface area contributed by atoms with Crippen molar-refractivity contribution in [3.8, 4) is 0 Å². The predicted molar refractivity (Wildman–Crippen MR) is 63.0 cm³/mol. The van der Waals surface area contributed by atoms with Crippen LogP contribution in [0.1, 0.15) is 6.42 Å². The van der Waals surface area contributed by atoms with Crippen LogP contribution < -0.4 is 10.6 Å². The highest BCUT2D eigenvalue weighted by Gasteiger charge is 2.25. The first-order chi connectivity index (χ1) is 7.18. The van der Waals surface area contributed by atoms with Crippen LogP contribution in [-0.2, 0) is 0 Å². The molecule has 1 aliphatic heterocycles. The van der Waals surface area contributed by atoms with E-state index in [-0.39, 0.29) is 0 Å². The Bertz CT molecular complexity index is 337. The van der Waals surface area contributed by atoms with Crippen LogP contribution in [-0.4, -0.2) is 43.1 Å². The molecule has 0 aliphatic carbocycles. The van der Waals surface area contributed by atoms with Crippen LogP contribution in [0.3, 0.4) is 0 Å². The van der Waals surface area contributed by atoms with Gasteiger partial charge < -0.3 is 15.5 Å². The largest absolute Gasteiger partial charge is 0.382 e. The van der Waals surface area contributed by atoms with E-state index in [1.165, 1.54) is 6.42 Å². The monoisotopic (exact) mass is 206 g/mol. The van der Waals surface area contributed by atoms with Crippen LogP contribution in [0.25, 0.3) is 0 Å². The SMILES string of the molecule is CN(C)C1CCN(c2cccnc2N)C1. The molecule has 1 saturated heterocycles. The van der Waals surface area contributed by atoms with Gasteiger partial charge in [-0.25, -0.2) is 4.98 Å². The zero-order valence-corrected chi connectivity index (χ0v) is 9.35. The number of nitrogens with zero attached hydrogens (tertiary/aromatic N) is 3. The molecule has 1 unspecified atom stereocenters. The van der Waals surface area contributed by atoms with Crippen molar-refractivity contribution in [1.29, 1.82) is 0 Å². The van der Waals surface area contributed by atoms with Crippen LogP contribution in [0.4, 0.5) is 11.5 Å². The molecule has 0 bridgehead atoms. The second kappa shape index (κ2) is 4.06. The molecule has 2 rings (SSSR count). The van der Waals surface area contributed by atoms with Gasteiger partial charge in [0.15, 0.2) is 0 Å². The molecule has 0 aromatic carbocycles. The third kappa shape index (κ3) is 2.04. The van der Waals surface area contributed by atoms with Crippen molar-refractivity contribution < 1.29 is 0 Å². The van der Waals surface area contributed by atoms with Crippen molar-refractivity contribution in [2.45, 2.75) is 12.5 Å². The Balaban J connectivity index is 2.11. The number of nitrogen functional groups attached to an aromatic ring is 1. The highest BCUT2D eigenvalue weighted by Crippen LogP contribution is 2.25. The van der Waals surface area contributed by atoms with Crippen LogP contribution in [0.5, 0.6) is 0 Å². The zero-order chi connectivity index (χ0) is 10.8. The molecule has 2 N–H and O–H groups in total. The molecule has 1 aliphatic rings. The fourth-order valence-electron chi connectivity index (χ4n) is 2.06. The summed E-state index contributed by atoms with van der Waals surface area (Å²) in [6, 6.07) is 4.61. The lowest BCUT2D eigenvalue weighted by atomic mass is 10.2. The number of anilines is 2. The lowest BCUT2D eigenvalue weighted by Crippen LogP contribution is -2.31. The van der Waals surface area contributed by atoms with Crippen molar-refractivity contribution in [3.63, 3.8) is 0 Å². The molecule has 1 fully saturated rings. The number of aromatic nitrogens is 1. The molecular weight excluding hydrogens is 188 g/mol. The minimum atomic E-state index is 0.629. The summed E-state index contributed by atoms with van der Waals surface area (Å²) in [5.41, 5.74) is 6.93. The third-order valence-electron chi connectivity index (χ3n) is 3.05. The highest BCUT2D eigenvalue weighted by atomic mass is 15.2. The Morgan fingerprint density at radius 3 is 2.93 bits per heavy atom. The first-order valence-electron chi connectivity index (χ1n) is 5.30. The number of hydrogen-bond acceptors (Lipinski definition) is 4. The van der Waals surface area contributed by atoms with Gasteiger partial charge in [0, 0.05) is 25.3 Å². The van der Waals surface area contributed by atoms with Crippen molar-refractivity contribution >= 4 is 11.5 Å². The van der Waals surface area contributed by atoms with Gasteiger partial charge in [-0.05, 0) is 32.6 Å². The Morgan fingerprint density at radius 1 is 1.53 bits per heavy atom. The summed E-state index contributed by atoms with van der Waals surface area (Å²) in [6.45, 7) is 2.11. The second-order valence-electron chi connectivity index (χ2n) is 4.26. The number of likely N-dealkylation sites (N-methyl/N-ethyl adjacent to an activating group) is 1. The van der Waals surface area contributed by atoms with Crippen LogP contribution in [0.15, 0.2) is 18.3 Å². The van der Waals surface area contributed by atoms with Crippen molar-refractivity contribution in [2.24, 2.45) is 0 Å². The topological polar surface area (TPSA) is 45.4 Å². The first kappa shape index (κ1) is 10.2. The van der Waals surface area contributed by atoms with Gasteiger partial charge in [0.25, 0.3) is 0 Å². The first-order valence-corrected chi connectivity index (χ1v) is 5.30. The lowest BCUT2D eigenvalue weighted by Gasteiger charge is -2.22. The maximum absolute atomic E-state index is 5.86. The molecule has 1 aromatic heterocycles. The van der Waals surface area contributed by atoms with Gasteiger partial charge in [0.2, 0.25) is 0 Å². The average molecular weight is 206 g/mol. The summed E-state index contributed by atoms with van der Waals surface area (Å²) in [5, 5.41) is 0. The molecule has 0 saturated carbocycles. The zero-order valence-electron chi connectivity index (χ0n) is 9.35. The summed E-state index contributed by atoms with van der Waals surface area (Å²) >= 11 is 0. The van der Waals surface area contributed by atoms with E-state index in [4.69, 9.17) is 5.73 Å². The summed E-state index contributed by atoms with van der Waals surface area (Å²) in [4.78, 5) is 8.70. The van der Waals surface area contributed by atoms with E-state index in [9.17, 15) is 0 Å². The smallest absolute Gasteiger partial charge is 0.146 e. The van der Waals surface area contributed by atoms with E-state index in [0.717, 1.165) is 18.8 Å². The summed E-state index contributed by atoms with van der Waals surface area (Å²) in [7, 11) is 4.25. The maximum Gasteiger partial charge on any atom is 0.146 e. The molecule has 0 spiro atoms. The van der Waals surface area contributed by atoms with Gasteiger partial charge in [-0.15, -0.1) is 0 Å². The summed E-state index contributed by atoms with van der Waals surface area (Å²) in [6.07, 6.45) is 2.93.